The average Bonchev–Trinajstić information content (AvgIpc) is 2.18. The van der Waals surface area contributed by atoms with Crippen molar-refractivity contribution < 1.29 is 9.59 Å². The van der Waals surface area contributed by atoms with Crippen LogP contribution in [-0.4, -0.2) is 22.7 Å². The minimum Gasteiger partial charge on any atom is -0.341 e. The van der Waals surface area contributed by atoms with E-state index in [9.17, 15) is 9.59 Å². The van der Waals surface area contributed by atoms with E-state index in [4.69, 9.17) is 0 Å². The first kappa shape index (κ1) is 11.8. The van der Waals surface area contributed by atoms with Crippen LogP contribution in [0.5, 0.6) is 0 Å². The smallest absolute Gasteiger partial charge is 0.270 e. The van der Waals surface area contributed by atoms with Gasteiger partial charge in [0.05, 0.1) is 6.04 Å². The predicted molar refractivity (Wildman–Crippen MR) is 59.5 cm³/mol. The number of hydrogen-bond acceptors (Lipinski definition) is 3. The molecule has 4 nitrogen and oxygen atoms in total. The van der Waals surface area contributed by atoms with E-state index in [-0.39, 0.29) is 11.7 Å². The molecule has 0 aromatic carbocycles. The summed E-state index contributed by atoms with van der Waals surface area (Å²) in [7, 11) is 0. The maximum absolute atomic E-state index is 11.5. The Hall–Kier alpha value is -1.23. The van der Waals surface area contributed by atoms with Gasteiger partial charge in [-0.2, -0.15) is 0 Å². The molecule has 0 radical (unpaired) electrons. The van der Waals surface area contributed by atoms with Gasteiger partial charge in [0, 0.05) is 10.7 Å². The molecule has 0 saturated heterocycles. The number of pyridine rings is 1. The highest BCUT2D eigenvalue weighted by Crippen LogP contribution is 2.07. The summed E-state index contributed by atoms with van der Waals surface area (Å²) in [4.78, 5) is 26.4. The zero-order valence-corrected chi connectivity index (χ0v) is 10.0. The lowest BCUT2D eigenvalue weighted by Crippen LogP contribution is -2.37. The van der Waals surface area contributed by atoms with Crippen LogP contribution >= 0.6 is 15.9 Å². The first-order valence-electron chi connectivity index (χ1n) is 4.43. The Morgan fingerprint density at radius 2 is 2.13 bits per heavy atom. The highest BCUT2D eigenvalue weighted by atomic mass is 79.9. The van der Waals surface area contributed by atoms with Crippen LogP contribution in [0.15, 0.2) is 22.8 Å². The number of carbonyl (C=O) groups is 2. The highest BCUT2D eigenvalue weighted by molar-refractivity contribution is 9.10. The minimum absolute atomic E-state index is 0.0829. The van der Waals surface area contributed by atoms with E-state index in [1.807, 2.05) is 0 Å². The molecule has 0 aliphatic rings. The molecule has 1 N–H and O–H groups in total. The number of Topliss-reactive ketones (excluding diaryl/α,β-unsaturated/α-hetero) is 1. The van der Waals surface area contributed by atoms with Crippen LogP contribution in [0.3, 0.4) is 0 Å². The lowest BCUT2D eigenvalue weighted by molar-refractivity contribution is -0.118. The predicted octanol–water partition coefficient (Wildman–Crippen LogP) is 1.55. The molecule has 1 aromatic heterocycles. The number of amides is 1. The van der Waals surface area contributed by atoms with Crippen LogP contribution in [0.25, 0.3) is 0 Å². The molecule has 0 aliphatic heterocycles. The van der Waals surface area contributed by atoms with Gasteiger partial charge in [-0.05, 0) is 41.9 Å². The molecule has 0 spiro atoms. The quantitative estimate of drug-likeness (QED) is 0.907. The highest BCUT2D eigenvalue weighted by Gasteiger charge is 2.13. The number of nitrogens with one attached hydrogen (secondary N) is 1. The minimum atomic E-state index is -0.483. The zero-order valence-electron chi connectivity index (χ0n) is 8.45. The Morgan fingerprint density at radius 1 is 1.47 bits per heavy atom. The second-order valence-corrected chi connectivity index (χ2v) is 4.08. The van der Waals surface area contributed by atoms with Crippen molar-refractivity contribution >= 4 is 27.6 Å². The topological polar surface area (TPSA) is 59.1 Å². The third-order valence-corrected chi connectivity index (χ3v) is 2.39. The Morgan fingerprint density at radius 3 is 2.60 bits per heavy atom. The molecule has 5 heteroatoms. The fourth-order valence-corrected chi connectivity index (χ4v) is 1.12. The van der Waals surface area contributed by atoms with Gasteiger partial charge in [-0.1, -0.05) is 0 Å². The lowest BCUT2D eigenvalue weighted by Gasteiger charge is -2.09. The molecule has 1 rings (SSSR count). The largest absolute Gasteiger partial charge is 0.341 e. The van der Waals surface area contributed by atoms with E-state index in [0.29, 0.717) is 5.69 Å². The van der Waals surface area contributed by atoms with Crippen LogP contribution in [0, 0.1) is 0 Å². The second-order valence-electron chi connectivity index (χ2n) is 3.17. The van der Waals surface area contributed by atoms with Crippen molar-refractivity contribution in [3.8, 4) is 0 Å². The van der Waals surface area contributed by atoms with E-state index in [0.717, 1.165) is 4.47 Å². The van der Waals surface area contributed by atoms with Crippen molar-refractivity contribution in [1.29, 1.82) is 0 Å². The number of aromatic nitrogens is 1. The molecular formula is C10H11BrN2O2. The van der Waals surface area contributed by atoms with Crippen LogP contribution < -0.4 is 5.32 Å². The monoisotopic (exact) mass is 270 g/mol. The van der Waals surface area contributed by atoms with Gasteiger partial charge in [0.1, 0.15) is 5.69 Å². The van der Waals surface area contributed by atoms with Gasteiger partial charge in [0.25, 0.3) is 5.91 Å². The molecule has 1 heterocycles. The first-order valence-corrected chi connectivity index (χ1v) is 5.23. The van der Waals surface area contributed by atoms with Crippen LogP contribution in [0.4, 0.5) is 0 Å². The second kappa shape index (κ2) is 5.02. The molecule has 1 aromatic rings. The van der Waals surface area contributed by atoms with E-state index in [1.165, 1.54) is 13.1 Å². The van der Waals surface area contributed by atoms with Gasteiger partial charge >= 0.3 is 0 Å². The molecule has 1 amide bonds. The Kier molecular flexibility index (Phi) is 3.96. The van der Waals surface area contributed by atoms with Crippen LogP contribution in [-0.2, 0) is 4.79 Å². The number of halogens is 1. The van der Waals surface area contributed by atoms with E-state index in [2.05, 4.69) is 26.2 Å². The van der Waals surface area contributed by atoms with Gasteiger partial charge < -0.3 is 5.32 Å². The molecular weight excluding hydrogens is 260 g/mol. The molecule has 0 bridgehead atoms. The summed E-state index contributed by atoms with van der Waals surface area (Å²) in [5, 5.41) is 2.55. The summed E-state index contributed by atoms with van der Waals surface area (Å²) in [5.74, 6) is -0.425. The fraction of sp³-hybridized carbons (Fsp3) is 0.300. The maximum Gasteiger partial charge on any atom is 0.270 e. The van der Waals surface area contributed by atoms with E-state index >= 15 is 0 Å². The number of hydrogen-bond donors (Lipinski definition) is 1. The Bertz CT molecular complexity index is 376. The van der Waals surface area contributed by atoms with Gasteiger partial charge in [-0.15, -0.1) is 0 Å². The summed E-state index contributed by atoms with van der Waals surface area (Å²) in [5.41, 5.74) is 0.298. The molecule has 80 valence electrons. The third-order valence-electron chi connectivity index (χ3n) is 1.92. The lowest BCUT2D eigenvalue weighted by atomic mass is 10.2. The van der Waals surface area contributed by atoms with Crippen molar-refractivity contribution in [3.63, 3.8) is 0 Å². The van der Waals surface area contributed by atoms with Gasteiger partial charge in [-0.3, -0.25) is 9.59 Å². The van der Waals surface area contributed by atoms with Crippen LogP contribution in [0.2, 0.25) is 0 Å². The SMILES string of the molecule is CC(=O)C(C)NC(=O)c1ccc(Br)cn1. The normalized spacial score (nSPS) is 11.9. The maximum atomic E-state index is 11.5. The molecule has 0 saturated carbocycles. The van der Waals surface area contributed by atoms with Crippen molar-refractivity contribution in [3.05, 3.63) is 28.5 Å². The fourth-order valence-electron chi connectivity index (χ4n) is 0.882. The van der Waals surface area contributed by atoms with Crippen molar-refractivity contribution in [2.24, 2.45) is 0 Å². The summed E-state index contributed by atoms with van der Waals surface area (Å²) < 4.78 is 0.804. The molecule has 0 fully saturated rings. The van der Waals surface area contributed by atoms with Crippen molar-refractivity contribution in [2.45, 2.75) is 19.9 Å². The standard InChI is InChI=1S/C10H11BrN2O2/c1-6(7(2)14)13-10(15)9-4-3-8(11)5-12-9/h3-6H,1-2H3,(H,13,15). The van der Waals surface area contributed by atoms with Crippen molar-refractivity contribution in [1.82, 2.24) is 10.3 Å². The molecule has 0 aliphatic carbocycles. The van der Waals surface area contributed by atoms with Crippen LogP contribution in [0.1, 0.15) is 24.3 Å². The molecule has 1 unspecified atom stereocenters. The summed E-state index contributed by atoms with van der Waals surface area (Å²) in [6.07, 6.45) is 1.54. The summed E-state index contributed by atoms with van der Waals surface area (Å²) in [6, 6.07) is 2.83. The summed E-state index contributed by atoms with van der Waals surface area (Å²) >= 11 is 3.22. The number of ketones is 1. The number of carbonyl (C=O) groups excluding carboxylic acids is 2. The first-order chi connectivity index (χ1) is 7.00. The van der Waals surface area contributed by atoms with Gasteiger partial charge in [0.15, 0.2) is 5.78 Å². The van der Waals surface area contributed by atoms with Crippen molar-refractivity contribution in [2.75, 3.05) is 0 Å². The zero-order chi connectivity index (χ0) is 11.4. The number of rotatable bonds is 3. The number of nitrogens with zero attached hydrogens (tertiary/aromatic N) is 1. The molecule has 1 atom stereocenters. The van der Waals surface area contributed by atoms with Gasteiger partial charge in [0.2, 0.25) is 0 Å². The van der Waals surface area contributed by atoms with Gasteiger partial charge in [-0.25, -0.2) is 4.98 Å². The Balaban J connectivity index is 2.69. The van der Waals surface area contributed by atoms with E-state index in [1.54, 1.807) is 19.1 Å². The summed E-state index contributed by atoms with van der Waals surface area (Å²) in [6.45, 7) is 3.07. The average molecular weight is 271 g/mol. The van der Waals surface area contributed by atoms with E-state index < -0.39 is 6.04 Å². The Labute approximate surface area is 96.2 Å². The third kappa shape index (κ3) is 3.43. The molecule has 15 heavy (non-hydrogen) atoms.